The minimum Gasteiger partial charge on any atom is -0.300 e. The second-order valence-corrected chi connectivity index (χ2v) is 6.30. The summed E-state index contributed by atoms with van der Waals surface area (Å²) in [6.07, 6.45) is 1.30. The summed E-state index contributed by atoms with van der Waals surface area (Å²) in [5, 5.41) is 0. The molecule has 1 saturated heterocycles. The Hall–Kier alpha value is -0.460. The molecule has 17 heavy (non-hydrogen) atoms. The molecular weight excluding hydrogens is 240 g/mol. The van der Waals surface area contributed by atoms with E-state index >= 15 is 0 Å². The predicted molar refractivity (Wildman–Crippen MR) is 66.8 cm³/mol. The van der Waals surface area contributed by atoms with E-state index in [2.05, 4.69) is 0 Å². The maximum Gasteiger partial charge on any atom is 0.281 e. The molecule has 100 valence electrons. The lowest BCUT2D eigenvalue weighted by molar-refractivity contribution is -0.121. The second kappa shape index (κ2) is 5.93. The Balaban J connectivity index is 2.67. The van der Waals surface area contributed by atoms with Gasteiger partial charge < -0.3 is 0 Å². The minimum atomic E-state index is -3.32. The van der Waals surface area contributed by atoms with Crippen LogP contribution in [0.25, 0.3) is 0 Å². The summed E-state index contributed by atoms with van der Waals surface area (Å²) in [5.74, 6) is 0.211. The van der Waals surface area contributed by atoms with Gasteiger partial charge in [-0.15, -0.1) is 0 Å². The number of carbonyl (C=O) groups excluding carboxylic acids is 1. The first-order chi connectivity index (χ1) is 7.93. The summed E-state index contributed by atoms with van der Waals surface area (Å²) >= 11 is 0. The molecule has 0 saturated carbocycles. The van der Waals surface area contributed by atoms with E-state index in [1.807, 2.05) is 13.8 Å². The van der Waals surface area contributed by atoms with Gasteiger partial charge in [0.1, 0.15) is 5.78 Å². The lowest BCUT2D eigenvalue weighted by Crippen LogP contribution is -2.47. The first-order valence-corrected chi connectivity index (χ1v) is 7.58. The van der Waals surface area contributed by atoms with Gasteiger partial charge in [0.2, 0.25) is 0 Å². The van der Waals surface area contributed by atoms with Gasteiger partial charge in [-0.05, 0) is 19.8 Å². The van der Waals surface area contributed by atoms with Crippen molar-refractivity contribution in [1.82, 2.24) is 8.61 Å². The van der Waals surface area contributed by atoms with Crippen molar-refractivity contribution >= 4 is 16.0 Å². The Morgan fingerprint density at radius 2 is 1.71 bits per heavy atom. The highest BCUT2D eigenvalue weighted by Gasteiger charge is 2.32. The highest BCUT2D eigenvalue weighted by atomic mass is 32.2. The summed E-state index contributed by atoms with van der Waals surface area (Å²) < 4.78 is 27.3. The van der Waals surface area contributed by atoms with Gasteiger partial charge >= 0.3 is 0 Å². The van der Waals surface area contributed by atoms with Crippen LogP contribution in [-0.4, -0.2) is 49.0 Å². The zero-order valence-corrected chi connectivity index (χ0v) is 11.7. The van der Waals surface area contributed by atoms with E-state index in [1.54, 1.807) is 6.92 Å². The van der Waals surface area contributed by atoms with Crippen LogP contribution in [0.5, 0.6) is 0 Å². The second-order valence-electron chi connectivity index (χ2n) is 4.38. The number of carbonyl (C=O) groups is 1. The quantitative estimate of drug-likeness (QED) is 0.739. The smallest absolute Gasteiger partial charge is 0.281 e. The van der Waals surface area contributed by atoms with E-state index in [1.165, 1.54) is 8.61 Å². The fourth-order valence-electron chi connectivity index (χ4n) is 2.21. The van der Waals surface area contributed by atoms with Crippen LogP contribution < -0.4 is 0 Å². The maximum atomic E-state index is 12.2. The molecule has 0 unspecified atom stereocenters. The van der Waals surface area contributed by atoms with Crippen molar-refractivity contribution in [1.29, 1.82) is 0 Å². The van der Waals surface area contributed by atoms with Gasteiger partial charge in [-0.1, -0.05) is 13.8 Å². The number of nitrogens with zero attached hydrogens (tertiary/aromatic N) is 2. The van der Waals surface area contributed by atoms with E-state index in [-0.39, 0.29) is 11.7 Å². The van der Waals surface area contributed by atoms with Gasteiger partial charge in [0, 0.05) is 32.1 Å². The van der Waals surface area contributed by atoms with E-state index in [0.29, 0.717) is 39.0 Å². The monoisotopic (exact) mass is 262 g/mol. The third-order valence-corrected chi connectivity index (χ3v) is 5.57. The molecule has 0 atom stereocenters. The summed E-state index contributed by atoms with van der Waals surface area (Å²) in [6, 6.07) is 0. The van der Waals surface area contributed by atoms with Gasteiger partial charge in [-0.25, -0.2) is 0 Å². The normalized spacial score (nSPS) is 19.8. The lowest BCUT2D eigenvalue weighted by Gasteiger charge is -2.33. The number of Topliss-reactive ketones (excluding diaryl/α,β-unsaturated/α-hetero) is 1. The van der Waals surface area contributed by atoms with Crippen LogP contribution >= 0.6 is 0 Å². The highest BCUT2D eigenvalue weighted by Crippen LogP contribution is 2.21. The summed E-state index contributed by atoms with van der Waals surface area (Å²) in [4.78, 5) is 11.2. The van der Waals surface area contributed by atoms with E-state index < -0.39 is 10.2 Å². The molecular formula is C11H22N2O3S. The molecule has 0 N–H and O–H groups in total. The Bertz CT molecular complexity index is 355. The molecule has 6 heteroatoms. The Labute approximate surface area is 104 Å². The van der Waals surface area contributed by atoms with Crippen molar-refractivity contribution < 1.29 is 13.2 Å². The summed E-state index contributed by atoms with van der Waals surface area (Å²) in [5.41, 5.74) is 0. The first kappa shape index (κ1) is 14.6. The molecule has 1 rings (SSSR count). The topological polar surface area (TPSA) is 57.7 Å². The minimum absolute atomic E-state index is 0.0400. The van der Waals surface area contributed by atoms with Crippen molar-refractivity contribution in [3.05, 3.63) is 0 Å². The van der Waals surface area contributed by atoms with Gasteiger partial charge in [0.15, 0.2) is 0 Å². The van der Waals surface area contributed by atoms with Crippen molar-refractivity contribution in [2.24, 2.45) is 5.92 Å². The zero-order valence-electron chi connectivity index (χ0n) is 10.8. The number of piperidine rings is 1. The van der Waals surface area contributed by atoms with Gasteiger partial charge in [0.25, 0.3) is 10.2 Å². The maximum absolute atomic E-state index is 12.2. The van der Waals surface area contributed by atoms with Crippen LogP contribution in [0.1, 0.15) is 33.6 Å². The lowest BCUT2D eigenvalue weighted by atomic mass is 9.95. The Kier molecular flexibility index (Phi) is 5.09. The molecule has 0 bridgehead atoms. The molecule has 0 aromatic carbocycles. The van der Waals surface area contributed by atoms with E-state index in [4.69, 9.17) is 0 Å². The fraction of sp³-hybridized carbons (Fsp3) is 0.909. The predicted octanol–water partition coefficient (Wildman–Crippen LogP) is 0.874. The molecule has 1 aliphatic heterocycles. The molecule has 0 spiro atoms. The van der Waals surface area contributed by atoms with Crippen molar-refractivity contribution in [3.63, 3.8) is 0 Å². The van der Waals surface area contributed by atoms with Crippen LogP contribution in [0.3, 0.4) is 0 Å². The average Bonchev–Trinajstić information content (AvgIpc) is 2.30. The van der Waals surface area contributed by atoms with Crippen LogP contribution in [0.2, 0.25) is 0 Å². The largest absolute Gasteiger partial charge is 0.300 e. The SMILES string of the molecule is CCN(CC)S(=O)(=O)N1CCC(C(C)=O)CC1. The van der Waals surface area contributed by atoms with E-state index in [0.717, 1.165) is 0 Å². The van der Waals surface area contributed by atoms with Crippen LogP contribution in [0, 0.1) is 5.92 Å². The average molecular weight is 262 g/mol. The van der Waals surface area contributed by atoms with Crippen molar-refractivity contribution in [2.75, 3.05) is 26.2 Å². The number of hydrogen-bond donors (Lipinski definition) is 0. The molecule has 0 radical (unpaired) electrons. The third-order valence-electron chi connectivity index (χ3n) is 3.39. The summed E-state index contributed by atoms with van der Waals surface area (Å²) in [6.45, 7) is 7.16. The van der Waals surface area contributed by atoms with Gasteiger partial charge in [-0.2, -0.15) is 17.0 Å². The number of rotatable bonds is 5. The first-order valence-electron chi connectivity index (χ1n) is 6.19. The Morgan fingerprint density at radius 1 is 1.24 bits per heavy atom. The molecule has 0 amide bonds. The van der Waals surface area contributed by atoms with Gasteiger partial charge in [-0.3, -0.25) is 4.79 Å². The van der Waals surface area contributed by atoms with Crippen molar-refractivity contribution in [2.45, 2.75) is 33.6 Å². The van der Waals surface area contributed by atoms with E-state index in [9.17, 15) is 13.2 Å². The molecule has 0 aliphatic carbocycles. The molecule has 5 nitrogen and oxygen atoms in total. The highest BCUT2D eigenvalue weighted by molar-refractivity contribution is 7.86. The fourth-order valence-corrected chi connectivity index (χ4v) is 3.86. The van der Waals surface area contributed by atoms with Crippen LogP contribution in [-0.2, 0) is 15.0 Å². The third kappa shape index (κ3) is 3.26. The molecule has 0 aromatic heterocycles. The van der Waals surface area contributed by atoms with Crippen LogP contribution in [0.15, 0.2) is 0 Å². The molecule has 1 aliphatic rings. The number of ketones is 1. The van der Waals surface area contributed by atoms with Crippen LogP contribution in [0.4, 0.5) is 0 Å². The molecule has 0 aromatic rings. The number of hydrogen-bond acceptors (Lipinski definition) is 3. The zero-order chi connectivity index (χ0) is 13.1. The van der Waals surface area contributed by atoms with Crippen molar-refractivity contribution in [3.8, 4) is 0 Å². The molecule has 1 fully saturated rings. The summed E-state index contributed by atoms with van der Waals surface area (Å²) in [7, 11) is -3.32. The standard InChI is InChI=1S/C11H22N2O3S/c1-4-12(5-2)17(15,16)13-8-6-11(7-9-13)10(3)14/h11H,4-9H2,1-3H3. The molecule has 1 heterocycles. The van der Waals surface area contributed by atoms with Gasteiger partial charge in [0.05, 0.1) is 0 Å². The Morgan fingerprint density at radius 3 is 2.06 bits per heavy atom.